The normalized spacial score (nSPS) is 11.9. The maximum absolute atomic E-state index is 11.3. The summed E-state index contributed by atoms with van der Waals surface area (Å²) in [4.78, 5) is 11.3. The Bertz CT molecular complexity index is 740. The molecule has 0 aliphatic heterocycles. The summed E-state index contributed by atoms with van der Waals surface area (Å²) in [5, 5.41) is 9.64. The van der Waals surface area contributed by atoms with Gasteiger partial charge in [-0.15, -0.1) is 0 Å². The van der Waals surface area contributed by atoms with Gasteiger partial charge in [0.15, 0.2) is 6.10 Å². The second kappa shape index (κ2) is 14.2. The molecule has 0 saturated carbocycles. The van der Waals surface area contributed by atoms with Crippen molar-refractivity contribution in [1.82, 2.24) is 0 Å². The molecule has 0 bridgehead atoms. The Labute approximate surface area is 179 Å². The van der Waals surface area contributed by atoms with Crippen LogP contribution in [-0.2, 0) is 16.0 Å². The van der Waals surface area contributed by atoms with Crippen LogP contribution in [0.2, 0.25) is 0 Å². The molecule has 0 aromatic heterocycles. The second-order valence-electron chi connectivity index (χ2n) is 6.88. The van der Waals surface area contributed by atoms with E-state index in [2.05, 4.69) is 0 Å². The summed E-state index contributed by atoms with van der Waals surface area (Å²) in [7, 11) is 0. The fraction of sp³-hybridized carbons (Fsp3) is 0.400. The van der Waals surface area contributed by atoms with Crippen LogP contribution in [-0.4, -0.2) is 37.0 Å². The molecule has 1 atom stereocenters. The van der Waals surface area contributed by atoms with Crippen molar-refractivity contribution < 1.29 is 24.1 Å². The Kier molecular flexibility index (Phi) is 11.1. The Morgan fingerprint density at radius 3 is 2.20 bits per heavy atom. The fourth-order valence-electron chi connectivity index (χ4n) is 2.77. The molecular formula is C25H32O5. The van der Waals surface area contributed by atoms with Crippen molar-refractivity contribution in [3.8, 4) is 11.5 Å². The van der Waals surface area contributed by atoms with Crippen LogP contribution < -0.4 is 9.47 Å². The van der Waals surface area contributed by atoms with E-state index in [4.69, 9.17) is 14.2 Å². The van der Waals surface area contributed by atoms with Crippen LogP contribution in [0.25, 0.3) is 0 Å². The third-order valence-electron chi connectivity index (χ3n) is 4.43. The Morgan fingerprint density at radius 2 is 1.57 bits per heavy atom. The molecular weight excluding hydrogens is 380 g/mol. The van der Waals surface area contributed by atoms with Crippen LogP contribution in [0.5, 0.6) is 11.5 Å². The van der Waals surface area contributed by atoms with Crippen molar-refractivity contribution in [3.63, 3.8) is 0 Å². The number of hydrogen-bond acceptors (Lipinski definition) is 5. The van der Waals surface area contributed by atoms with E-state index >= 15 is 0 Å². The molecule has 2 rings (SSSR count). The van der Waals surface area contributed by atoms with Crippen LogP contribution in [0, 0.1) is 0 Å². The number of ether oxygens (including phenoxy) is 3. The predicted octanol–water partition coefficient (Wildman–Crippen LogP) is 4.73. The van der Waals surface area contributed by atoms with Crippen LogP contribution in [0.15, 0.2) is 66.7 Å². The highest BCUT2D eigenvalue weighted by molar-refractivity contribution is 5.74. The Hall–Kier alpha value is -2.79. The van der Waals surface area contributed by atoms with Crippen molar-refractivity contribution in [2.75, 3.05) is 19.8 Å². The summed E-state index contributed by atoms with van der Waals surface area (Å²) in [5.74, 6) is 1.22. The highest BCUT2D eigenvalue weighted by atomic mass is 16.5. The number of carbonyl (C=O) groups excluding carboxylic acids is 1. The third kappa shape index (κ3) is 9.61. The number of unbranched alkanes of at least 4 members (excludes halogenated alkanes) is 1. The van der Waals surface area contributed by atoms with Crippen molar-refractivity contribution in [3.05, 3.63) is 72.3 Å². The smallest absolute Gasteiger partial charge is 0.334 e. The van der Waals surface area contributed by atoms with Gasteiger partial charge in [0.05, 0.1) is 19.8 Å². The first-order valence-corrected chi connectivity index (χ1v) is 10.6. The van der Waals surface area contributed by atoms with E-state index in [1.165, 1.54) is 5.56 Å². The number of benzene rings is 2. The number of hydrogen-bond donors (Lipinski definition) is 1. The Balaban J connectivity index is 1.55. The first-order chi connectivity index (χ1) is 14.7. The van der Waals surface area contributed by atoms with Crippen LogP contribution in [0.3, 0.4) is 0 Å². The van der Waals surface area contributed by atoms with E-state index in [0.29, 0.717) is 26.1 Å². The van der Waals surface area contributed by atoms with E-state index in [1.54, 1.807) is 6.92 Å². The summed E-state index contributed by atoms with van der Waals surface area (Å²) < 4.78 is 16.2. The van der Waals surface area contributed by atoms with E-state index in [9.17, 15) is 9.90 Å². The molecule has 0 saturated heterocycles. The van der Waals surface area contributed by atoms with Crippen molar-refractivity contribution in [2.24, 2.45) is 0 Å². The van der Waals surface area contributed by atoms with Crippen molar-refractivity contribution >= 4 is 5.97 Å². The number of para-hydroxylation sites is 1. The van der Waals surface area contributed by atoms with Gasteiger partial charge >= 0.3 is 5.97 Å². The molecule has 0 heterocycles. The lowest BCUT2D eigenvalue weighted by Crippen LogP contribution is -2.22. The molecule has 2 aromatic rings. The van der Waals surface area contributed by atoms with E-state index in [0.717, 1.165) is 30.8 Å². The highest BCUT2D eigenvalue weighted by Crippen LogP contribution is 2.14. The van der Waals surface area contributed by atoms with Crippen LogP contribution in [0.4, 0.5) is 0 Å². The van der Waals surface area contributed by atoms with Gasteiger partial charge in [-0.05, 0) is 68.9 Å². The van der Waals surface area contributed by atoms with Gasteiger partial charge in [0.25, 0.3) is 0 Å². The van der Waals surface area contributed by atoms with E-state index in [-0.39, 0.29) is 6.61 Å². The fourth-order valence-corrected chi connectivity index (χ4v) is 2.77. The second-order valence-corrected chi connectivity index (χ2v) is 6.88. The van der Waals surface area contributed by atoms with Gasteiger partial charge in [-0.1, -0.05) is 42.5 Å². The maximum Gasteiger partial charge on any atom is 0.334 e. The minimum absolute atomic E-state index is 0.286. The lowest BCUT2D eigenvalue weighted by molar-refractivity contribution is -0.153. The highest BCUT2D eigenvalue weighted by Gasteiger charge is 2.14. The molecule has 2 aromatic carbocycles. The molecule has 1 N–H and O–H groups in total. The lowest BCUT2D eigenvalue weighted by atomic mass is 10.1. The molecule has 1 unspecified atom stereocenters. The van der Waals surface area contributed by atoms with Crippen LogP contribution >= 0.6 is 0 Å². The number of carbonyl (C=O) groups is 1. The summed E-state index contributed by atoms with van der Waals surface area (Å²) in [6.45, 7) is 3.37. The third-order valence-corrected chi connectivity index (χ3v) is 4.43. The van der Waals surface area contributed by atoms with Gasteiger partial charge in [0.1, 0.15) is 11.5 Å². The molecule has 5 heteroatoms. The van der Waals surface area contributed by atoms with E-state index in [1.807, 2.05) is 66.7 Å². The number of aliphatic hydroxyl groups is 1. The first kappa shape index (κ1) is 23.5. The van der Waals surface area contributed by atoms with Gasteiger partial charge in [-0.25, -0.2) is 4.79 Å². The summed E-state index contributed by atoms with van der Waals surface area (Å²) >= 11 is 0. The van der Waals surface area contributed by atoms with Crippen LogP contribution in [0.1, 0.15) is 38.2 Å². The molecule has 0 aliphatic rings. The number of rotatable bonds is 14. The van der Waals surface area contributed by atoms with E-state index < -0.39 is 12.1 Å². The average molecular weight is 413 g/mol. The maximum atomic E-state index is 11.3. The van der Waals surface area contributed by atoms with Crippen molar-refractivity contribution in [1.29, 1.82) is 0 Å². The standard InChI is InChI=1S/C25H32O5/c1-2-28-25(27)24(26)14-8-3-5-11-21-15-17-23(18-16-21)30-20-10-9-19-29-22-12-6-4-7-13-22/h3-7,12-13,15-18,24,26H,2,8-11,14,19-20H2,1H3. The van der Waals surface area contributed by atoms with Gasteiger partial charge in [-0.2, -0.15) is 0 Å². The lowest BCUT2D eigenvalue weighted by Gasteiger charge is -2.08. The minimum Gasteiger partial charge on any atom is -0.494 e. The zero-order valence-corrected chi connectivity index (χ0v) is 17.7. The SMILES string of the molecule is CCOC(=O)C(O)CCC=CCc1ccc(OCCCCOc2ccccc2)cc1. The largest absolute Gasteiger partial charge is 0.494 e. The molecule has 0 spiro atoms. The van der Waals surface area contributed by atoms with Gasteiger partial charge in [0, 0.05) is 0 Å². The Morgan fingerprint density at radius 1 is 0.933 bits per heavy atom. The zero-order chi connectivity index (χ0) is 21.4. The van der Waals surface area contributed by atoms with Gasteiger partial charge in [-0.3, -0.25) is 0 Å². The molecule has 30 heavy (non-hydrogen) atoms. The topological polar surface area (TPSA) is 65.0 Å². The minimum atomic E-state index is -1.05. The molecule has 0 radical (unpaired) electrons. The predicted molar refractivity (Wildman–Crippen MR) is 118 cm³/mol. The summed E-state index contributed by atoms with van der Waals surface area (Å²) in [6, 6.07) is 17.9. The molecule has 0 fully saturated rings. The van der Waals surface area contributed by atoms with Gasteiger partial charge in [0.2, 0.25) is 0 Å². The molecule has 5 nitrogen and oxygen atoms in total. The number of allylic oxidation sites excluding steroid dienone is 2. The van der Waals surface area contributed by atoms with Crippen molar-refractivity contribution in [2.45, 2.75) is 45.1 Å². The van der Waals surface area contributed by atoms with Gasteiger partial charge < -0.3 is 19.3 Å². The quantitative estimate of drug-likeness (QED) is 0.276. The first-order valence-electron chi connectivity index (χ1n) is 10.6. The summed E-state index contributed by atoms with van der Waals surface area (Å²) in [6.07, 6.45) is 6.67. The number of aliphatic hydroxyl groups excluding tert-OH is 1. The summed E-state index contributed by atoms with van der Waals surface area (Å²) in [5.41, 5.74) is 1.18. The number of esters is 1. The molecule has 162 valence electrons. The monoisotopic (exact) mass is 412 g/mol. The molecule has 0 amide bonds. The zero-order valence-electron chi connectivity index (χ0n) is 17.7. The average Bonchev–Trinajstić information content (AvgIpc) is 2.77. The molecule has 0 aliphatic carbocycles.